The molecule has 2 N–H and O–H groups in total. The standard InChI is InChI=1S/C15H24N2O3/c1-11(9-16-3)15(18)17-10-12(2)20-14-7-5-6-13(8-14)19-4/h5-8,11-12,16H,9-10H2,1-4H3,(H,17,18). The number of rotatable bonds is 8. The number of benzene rings is 1. The van der Waals surface area contributed by atoms with Crippen LogP contribution in [0.1, 0.15) is 13.8 Å². The summed E-state index contributed by atoms with van der Waals surface area (Å²) in [5, 5.41) is 5.86. The SMILES string of the molecule is CNCC(C)C(=O)NCC(C)Oc1cccc(OC)c1. The molecule has 1 aromatic carbocycles. The second kappa shape index (κ2) is 8.43. The van der Waals surface area contributed by atoms with Crippen molar-refractivity contribution in [3.8, 4) is 11.5 Å². The minimum Gasteiger partial charge on any atom is -0.497 e. The van der Waals surface area contributed by atoms with Crippen molar-refractivity contribution in [2.24, 2.45) is 5.92 Å². The van der Waals surface area contributed by atoms with Gasteiger partial charge in [-0.1, -0.05) is 13.0 Å². The smallest absolute Gasteiger partial charge is 0.224 e. The van der Waals surface area contributed by atoms with Gasteiger partial charge in [-0.25, -0.2) is 0 Å². The molecule has 2 unspecified atom stereocenters. The molecule has 1 amide bonds. The van der Waals surface area contributed by atoms with Crippen LogP contribution in [-0.2, 0) is 4.79 Å². The molecule has 20 heavy (non-hydrogen) atoms. The van der Waals surface area contributed by atoms with Crippen molar-refractivity contribution >= 4 is 5.91 Å². The molecule has 0 saturated heterocycles. The van der Waals surface area contributed by atoms with Crippen LogP contribution in [0.15, 0.2) is 24.3 Å². The molecule has 1 rings (SSSR count). The number of ether oxygens (including phenoxy) is 2. The van der Waals surface area contributed by atoms with Crippen LogP contribution >= 0.6 is 0 Å². The van der Waals surface area contributed by atoms with Crippen molar-refractivity contribution in [1.29, 1.82) is 0 Å². The lowest BCUT2D eigenvalue weighted by Crippen LogP contribution is -2.39. The van der Waals surface area contributed by atoms with E-state index in [2.05, 4.69) is 10.6 Å². The van der Waals surface area contributed by atoms with Gasteiger partial charge in [0.2, 0.25) is 5.91 Å². The normalized spacial score (nSPS) is 13.4. The van der Waals surface area contributed by atoms with Crippen LogP contribution in [-0.4, -0.2) is 39.3 Å². The van der Waals surface area contributed by atoms with Gasteiger partial charge in [0.25, 0.3) is 0 Å². The van der Waals surface area contributed by atoms with Gasteiger partial charge in [0, 0.05) is 18.5 Å². The van der Waals surface area contributed by atoms with E-state index in [9.17, 15) is 4.79 Å². The van der Waals surface area contributed by atoms with Gasteiger partial charge in [-0.2, -0.15) is 0 Å². The second-order valence-electron chi connectivity index (χ2n) is 4.81. The van der Waals surface area contributed by atoms with E-state index < -0.39 is 0 Å². The minimum atomic E-state index is -0.104. The van der Waals surface area contributed by atoms with Crippen molar-refractivity contribution < 1.29 is 14.3 Å². The fourth-order valence-electron chi connectivity index (χ4n) is 1.77. The maximum atomic E-state index is 11.8. The summed E-state index contributed by atoms with van der Waals surface area (Å²) < 4.78 is 10.9. The monoisotopic (exact) mass is 280 g/mol. The molecule has 0 aromatic heterocycles. The van der Waals surface area contributed by atoms with Gasteiger partial charge >= 0.3 is 0 Å². The van der Waals surface area contributed by atoms with Crippen LogP contribution in [0.5, 0.6) is 11.5 Å². The number of amides is 1. The molecule has 0 aliphatic rings. The molecule has 0 radical (unpaired) electrons. The lowest BCUT2D eigenvalue weighted by molar-refractivity contribution is -0.124. The van der Waals surface area contributed by atoms with Gasteiger partial charge in [0.15, 0.2) is 0 Å². The summed E-state index contributed by atoms with van der Waals surface area (Å²) >= 11 is 0. The number of methoxy groups -OCH3 is 1. The minimum absolute atomic E-state index is 0.0282. The fraction of sp³-hybridized carbons (Fsp3) is 0.533. The van der Waals surface area contributed by atoms with Crippen molar-refractivity contribution in [3.05, 3.63) is 24.3 Å². The zero-order valence-corrected chi connectivity index (χ0v) is 12.6. The Morgan fingerprint density at radius 2 is 1.95 bits per heavy atom. The topological polar surface area (TPSA) is 59.6 Å². The molecule has 1 aromatic rings. The molecule has 0 bridgehead atoms. The molecule has 0 aliphatic heterocycles. The van der Waals surface area contributed by atoms with Gasteiger partial charge in [0.1, 0.15) is 17.6 Å². The zero-order chi connectivity index (χ0) is 15.0. The molecule has 0 spiro atoms. The molecular formula is C15H24N2O3. The highest BCUT2D eigenvalue weighted by Gasteiger charge is 2.13. The van der Waals surface area contributed by atoms with E-state index in [1.165, 1.54) is 0 Å². The van der Waals surface area contributed by atoms with E-state index in [1.54, 1.807) is 7.11 Å². The molecular weight excluding hydrogens is 256 g/mol. The van der Waals surface area contributed by atoms with E-state index in [4.69, 9.17) is 9.47 Å². The molecule has 0 saturated carbocycles. The Hall–Kier alpha value is -1.75. The summed E-state index contributed by atoms with van der Waals surface area (Å²) in [6.07, 6.45) is -0.104. The molecule has 0 fully saturated rings. The number of hydrogen-bond acceptors (Lipinski definition) is 4. The van der Waals surface area contributed by atoms with Crippen molar-refractivity contribution in [1.82, 2.24) is 10.6 Å². The molecule has 112 valence electrons. The van der Waals surface area contributed by atoms with E-state index in [1.807, 2.05) is 45.2 Å². The summed E-state index contributed by atoms with van der Waals surface area (Å²) in [6, 6.07) is 7.42. The zero-order valence-electron chi connectivity index (χ0n) is 12.6. The Bertz CT molecular complexity index is 423. The number of carbonyl (C=O) groups excluding carboxylic acids is 1. The molecule has 5 nitrogen and oxygen atoms in total. The van der Waals surface area contributed by atoms with E-state index in [-0.39, 0.29) is 17.9 Å². The molecule has 0 heterocycles. The van der Waals surface area contributed by atoms with Gasteiger partial charge in [-0.05, 0) is 26.1 Å². The molecule has 0 aliphatic carbocycles. The Morgan fingerprint density at radius 1 is 1.25 bits per heavy atom. The Kier molecular flexibility index (Phi) is 6.87. The summed E-state index contributed by atoms with van der Waals surface area (Å²) in [6.45, 7) is 4.95. The highest BCUT2D eigenvalue weighted by atomic mass is 16.5. The summed E-state index contributed by atoms with van der Waals surface area (Å²) in [5.74, 6) is 1.46. The lowest BCUT2D eigenvalue weighted by Gasteiger charge is -2.17. The number of hydrogen-bond donors (Lipinski definition) is 2. The highest BCUT2D eigenvalue weighted by Crippen LogP contribution is 2.19. The maximum Gasteiger partial charge on any atom is 0.224 e. The van der Waals surface area contributed by atoms with Crippen molar-refractivity contribution in [2.45, 2.75) is 20.0 Å². The van der Waals surface area contributed by atoms with Crippen LogP contribution in [0.3, 0.4) is 0 Å². The van der Waals surface area contributed by atoms with Crippen LogP contribution < -0.4 is 20.1 Å². The quantitative estimate of drug-likeness (QED) is 0.756. The average Bonchev–Trinajstić information content (AvgIpc) is 2.45. The second-order valence-corrected chi connectivity index (χ2v) is 4.81. The largest absolute Gasteiger partial charge is 0.497 e. The van der Waals surface area contributed by atoms with Gasteiger partial charge in [-0.3, -0.25) is 4.79 Å². The third kappa shape index (κ3) is 5.48. The van der Waals surface area contributed by atoms with Crippen molar-refractivity contribution in [3.63, 3.8) is 0 Å². The summed E-state index contributed by atoms with van der Waals surface area (Å²) in [7, 11) is 3.45. The Morgan fingerprint density at radius 3 is 2.60 bits per heavy atom. The van der Waals surface area contributed by atoms with E-state index in [0.717, 1.165) is 11.5 Å². The van der Waals surface area contributed by atoms with Gasteiger partial charge in [0.05, 0.1) is 13.7 Å². The Balaban J connectivity index is 2.39. The van der Waals surface area contributed by atoms with E-state index >= 15 is 0 Å². The summed E-state index contributed by atoms with van der Waals surface area (Å²) in [5.41, 5.74) is 0. The summed E-state index contributed by atoms with van der Waals surface area (Å²) in [4.78, 5) is 11.8. The van der Waals surface area contributed by atoms with E-state index in [0.29, 0.717) is 13.1 Å². The third-order valence-corrected chi connectivity index (χ3v) is 2.90. The predicted octanol–water partition coefficient (Wildman–Crippen LogP) is 1.43. The van der Waals surface area contributed by atoms with Gasteiger partial charge in [-0.15, -0.1) is 0 Å². The van der Waals surface area contributed by atoms with Crippen LogP contribution in [0.25, 0.3) is 0 Å². The number of carbonyl (C=O) groups is 1. The Labute approximate surface area is 120 Å². The average molecular weight is 280 g/mol. The molecule has 5 heteroatoms. The highest BCUT2D eigenvalue weighted by molar-refractivity contribution is 5.78. The van der Waals surface area contributed by atoms with Crippen LogP contribution in [0.2, 0.25) is 0 Å². The van der Waals surface area contributed by atoms with Crippen LogP contribution in [0, 0.1) is 5.92 Å². The van der Waals surface area contributed by atoms with Crippen LogP contribution in [0.4, 0.5) is 0 Å². The number of nitrogens with one attached hydrogen (secondary N) is 2. The predicted molar refractivity (Wildman–Crippen MR) is 79.2 cm³/mol. The molecule has 2 atom stereocenters. The fourth-order valence-corrected chi connectivity index (χ4v) is 1.77. The van der Waals surface area contributed by atoms with Gasteiger partial charge < -0.3 is 20.1 Å². The first-order valence-electron chi connectivity index (χ1n) is 6.79. The maximum absolute atomic E-state index is 11.8. The van der Waals surface area contributed by atoms with Crippen molar-refractivity contribution in [2.75, 3.05) is 27.2 Å². The lowest BCUT2D eigenvalue weighted by atomic mass is 10.1. The first-order chi connectivity index (χ1) is 9.56. The third-order valence-electron chi connectivity index (χ3n) is 2.90. The first kappa shape index (κ1) is 16.3. The first-order valence-corrected chi connectivity index (χ1v) is 6.79.